The molecule has 0 bridgehead atoms. The van der Waals surface area contributed by atoms with Crippen molar-refractivity contribution in [2.24, 2.45) is 0 Å². The highest BCUT2D eigenvalue weighted by Crippen LogP contribution is 2.40. The number of benzene rings is 1. The van der Waals surface area contributed by atoms with Crippen LogP contribution >= 0.6 is 18.5 Å². The maximum absolute atomic E-state index is 10.8. The highest BCUT2D eigenvalue weighted by Gasteiger charge is 2.11. The van der Waals surface area contributed by atoms with E-state index in [-0.39, 0.29) is 5.52 Å². The van der Waals surface area contributed by atoms with Crippen molar-refractivity contribution < 1.29 is 4.79 Å². The van der Waals surface area contributed by atoms with E-state index in [1.54, 1.807) is 0 Å². The van der Waals surface area contributed by atoms with Crippen molar-refractivity contribution in [3.05, 3.63) is 30.3 Å². The minimum absolute atomic E-state index is 0.0490. The third-order valence-electron chi connectivity index (χ3n) is 1.26. The summed E-state index contributed by atoms with van der Waals surface area (Å²) < 4.78 is 0. The average molecular weight is 187 g/mol. The Kier molecular flexibility index (Phi) is 3.04. The molecule has 1 aromatic carbocycles. The standard InChI is InChI=1S/C8H8ClOP/c1-7(10)11(9)8-5-3-2-4-6-8/h2-6H,1H3. The lowest BCUT2D eigenvalue weighted by Crippen LogP contribution is -2.00. The third kappa shape index (κ3) is 2.28. The zero-order valence-corrected chi connectivity index (χ0v) is 7.77. The van der Waals surface area contributed by atoms with Gasteiger partial charge in [-0.25, -0.2) is 0 Å². The fourth-order valence-electron chi connectivity index (χ4n) is 0.741. The van der Waals surface area contributed by atoms with Gasteiger partial charge in [-0.3, -0.25) is 4.79 Å². The Hall–Kier alpha value is -0.390. The number of carbonyl (C=O) groups excluding carboxylic acids is 1. The van der Waals surface area contributed by atoms with Gasteiger partial charge in [-0.2, -0.15) is 0 Å². The van der Waals surface area contributed by atoms with E-state index >= 15 is 0 Å². The summed E-state index contributed by atoms with van der Waals surface area (Å²) in [5.41, 5.74) is 0.0490. The summed E-state index contributed by atoms with van der Waals surface area (Å²) in [5.74, 6) is 0. The maximum Gasteiger partial charge on any atom is 0.171 e. The van der Waals surface area contributed by atoms with Crippen LogP contribution in [-0.2, 0) is 4.79 Å². The molecule has 58 valence electrons. The molecule has 0 aliphatic rings. The molecule has 0 heterocycles. The van der Waals surface area contributed by atoms with Crippen molar-refractivity contribution in [1.29, 1.82) is 0 Å². The third-order valence-corrected chi connectivity index (χ3v) is 3.86. The predicted molar refractivity (Wildman–Crippen MR) is 49.5 cm³/mol. The highest BCUT2D eigenvalue weighted by atomic mass is 35.7. The van der Waals surface area contributed by atoms with Crippen LogP contribution in [0.15, 0.2) is 30.3 Å². The fraction of sp³-hybridized carbons (Fsp3) is 0.125. The SMILES string of the molecule is CC(=O)P(Cl)c1ccccc1. The highest BCUT2D eigenvalue weighted by molar-refractivity contribution is 8.02. The first-order chi connectivity index (χ1) is 5.22. The lowest BCUT2D eigenvalue weighted by molar-refractivity contribution is -0.109. The van der Waals surface area contributed by atoms with Crippen LogP contribution in [0.5, 0.6) is 0 Å². The van der Waals surface area contributed by atoms with Gasteiger partial charge in [0.15, 0.2) is 5.52 Å². The predicted octanol–water partition coefficient (Wildman–Crippen LogP) is 2.49. The zero-order chi connectivity index (χ0) is 8.27. The molecule has 1 rings (SSSR count). The second-order valence-corrected chi connectivity index (χ2v) is 4.86. The molecule has 0 aromatic heterocycles. The molecular formula is C8H8ClOP. The topological polar surface area (TPSA) is 17.1 Å². The van der Waals surface area contributed by atoms with Gasteiger partial charge >= 0.3 is 0 Å². The van der Waals surface area contributed by atoms with Crippen LogP contribution in [0.2, 0.25) is 0 Å². The van der Waals surface area contributed by atoms with E-state index < -0.39 is 7.27 Å². The lowest BCUT2D eigenvalue weighted by Gasteiger charge is -2.03. The minimum atomic E-state index is -1.10. The summed E-state index contributed by atoms with van der Waals surface area (Å²) in [6.07, 6.45) is 0. The summed E-state index contributed by atoms with van der Waals surface area (Å²) >= 11 is 5.86. The van der Waals surface area contributed by atoms with E-state index in [9.17, 15) is 4.79 Å². The summed E-state index contributed by atoms with van der Waals surface area (Å²) in [6, 6.07) is 9.43. The number of halogens is 1. The Morgan fingerprint density at radius 2 is 1.91 bits per heavy atom. The molecule has 1 aromatic rings. The summed E-state index contributed by atoms with van der Waals surface area (Å²) in [4.78, 5) is 10.8. The number of hydrogen-bond donors (Lipinski definition) is 0. The second-order valence-electron chi connectivity index (χ2n) is 2.14. The van der Waals surface area contributed by atoms with Gasteiger partial charge in [-0.05, 0) is 5.30 Å². The average Bonchev–Trinajstić information content (AvgIpc) is 2.05. The van der Waals surface area contributed by atoms with E-state index in [4.69, 9.17) is 11.2 Å². The van der Waals surface area contributed by atoms with Crippen molar-refractivity contribution in [3.8, 4) is 0 Å². The molecule has 1 nitrogen and oxygen atoms in total. The Morgan fingerprint density at radius 1 is 1.36 bits per heavy atom. The fourth-order valence-corrected chi connectivity index (χ4v) is 1.88. The molecule has 0 spiro atoms. The zero-order valence-electron chi connectivity index (χ0n) is 6.12. The smallest absolute Gasteiger partial charge is 0.171 e. The van der Waals surface area contributed by atoms with Crippen LogP contribution in [0.25, 0.3) is 0 Å². The molecule has 1 atom stereocenters. The minimum Gasteiger partial charge on any atom is -0.293 e. The van der Waals surface area contributed by atoms with Gasteiger partial charge in [0, 0.05) is 6.92 Å². The number of carbonyl (C=O) groups is 1. The number of hydrogen-bond acceptors (Lipinski definition) is 1. The van der Waals surface area contributed by atoms with E-state index in [0.29, 0.717) is 0 Å². The molecule has 3 heteroatoms. The molecule has 0 aliphatic carbocycles. The Labute approximate surface area is 71.9 Å². The molecule has 11 heavy (non-hydrogen) atoms. The van der Waals surface area contributed by atoms with Crippen molar-refractivity contribution >= 4 is 29.3 Å². The molecular weight excluding hydrogens is 179 g/mol. The van der Waals surface area contributed by atoms with Gasteiger partial charge in [0.25, 0.3) is 0 Å². The quantitative estimate of drug-likeness (QED) is 0.649. The van der Waals surface area contributed by atoms with E-state index in [0.717, 1.165) is 5.30 Å². The Balaban J connectivity index is 2.85. The Morgan fingerprint density at radius 3 is 2.36 bits per heavy atom. The maximum atomic E-state index is 10.8. The Bertz CT molecular complexity index is 248. The van der Waals surface area contributed by atoms with Crippen molar-refractivity contribution in [2.45, 2.75) is 6.92 Å². The van der Waals surface area contributed by atoms with Gasteiger partial charge in [0.05, 0.1) is 7.27 Å². The van der Waals surface area contributed by atoms with Gasteiger partial charge in [0.2, 0.25) is 0 Å². The number of rotatable bonds is 2. The van der Waals surface area contributed by atoms with E-state index in [1.807, 2.05) is 30.3 Å². The molecule has 1 unspecified atom stereocenters. The van der Waals surface area contributed by atoms with Crippen LogP contribution in [0, 0.1) is 0 Å². The van der Waals surface area contributed by atoms with Crippen LogP contribution in [0.3, 0.4) is 0 Å². The normalized spacial score (nSPS) is 12.5. The lowest BCUT2D eigenvalue weighted by atomic mass is 10.4. The van der Waals surface area contributed by atoms with Crippen molar-refractivity contribution in [1.82, 2.24) is 0 Å². The largest absolute Gasteiger partial charge is 0.293 e. The van der Waals surface area contributed by atoms with Crippen LogP contribution in [0.1, 0.15) is 6.92 Å². The molecule has 0 aliphatic heterocycles. The molecule has 0 N–H and O–H groups in total. The first-order valence-corrected chi connectivity index (χ1v) is 5.48. The summed E-state index contributed by atoms with van der Waals surface area (Å²) in [6.45, 7) is 1.52. The van der Waals surface area contributed by atoms with Gasteiger partial charge < -0.3 is 0 Å². The van der Waals surface area contributed by atoms with Gasteiger partial charge in [-0.15, -0.1) is 0 Å². The summed E-state index contributed by atoms with van der Waals surface area (Å²) in [5, 5.41) is 0.927. The summed E-state index contributed by atoms with van der Waals surface area (Å²) in [7, 11) is -1.10. The van der Waals surface area contributed by atoms with Crippen LogP contribution in [-0.4, -0.2) is 5.52 Å². The molecule has 0 saturated carbocycles. The van der Waals surface area contributed by atoms with Crippen molar-refractivity contribution in [2.75, 3.05) is 0 Å². The molecule has 0 amide bonds. The first kappa shape index (κ1) is 8.70. The molecule has 0 fully saturated rings. The molecule has 0 radical (unpaired) electrons. The van der Waals surface area contributed by atoms with E-state index in [1.165, 1.54) is 6.92 Å². The van der Waals surface area contributed by atoms with Crippen LogP contribution in [0.4, 0.5) is 0 Å². The van der Waals surface area contributed by atoms with Gasteiger partial charge in [-0.1, -0.05) is 41.6 Å². The second kappa shape index (κ2) is 3.85. The van der Waals surface area contributed by atoms with Crippen LogP contribution < -0.4 is 5.30 Å². The van der Waals surface area contributed by atoms with Crippen molar-refractivity contribution in [3.63, 3.8) is 0 Å². The molecule has 0 saturated heterocycles. The monoisotopic (exact) mass is 186 g/mol. The first-order valence-electron chi connectivity index (χ1n) is 3.23. The van der Waals surface area contributed by atoms with Gasteiger partial charge in [0.1, 0.15) is 0 Å². The van der Waals surface area contributed by atoms with E-state index in [2.05, 4.69) is 0 Å².